The third kappa shape index (κ3) is 4.87. The number of hydrogen-bond donors (Lipinski definition) is 2. The van der Waals surface area contributed by atoms with E-state index in [1.54, 1.807) is 11.4 Å². The summed E-state index contributed by atoms with van der Waals surface area (Å²) in [5.74, 6) is -0.581. The number of nitrogens with zero attached hydrogens (tertiary/aromatic N) is 1. The van der Waals surface area contributed by atoms with Crippen LogP contribution in [0.4, 0.5) is 5.13 Å². The van der Waals surface area contributed by atoms with Gasteiger partial charge in [0, 0.05) is 36.4 Å². The Balaban J connectivity index is 1.61. The molecule has 3 aromatic rings. The molecule has 6 nitrogen and oxygen atoms in total. The minimum absolute atomic E-state index is 0.102. The largest absolute Gasteiger partial charge is 0.351 e. The molecule has 0 fully saturated rings. The van der Waals surface area contributed by atoms with Crippen molar-refractivity contribution in [3.63, 3.8) is 0 Å². The predicted molar refractivity (Wildman–Crippen MR) is 107 cm³/mol. The molecule has 2 amide bonds. The Morgan fingerprint density at radius 3 is 2.56 bits per heavy atom. The van der Waals surface area contributed by atoms with Crippen LogP contribution in [0.2, 0.25) is 0 Å². The number of nitrogens with one attached hydrogen (secondary N) is 2. The van der Waals surface area contributed by atoms with Crippen LogP contribution in [-0.2, 0) is 4.79 Å². The maximum atomic E-state index is 12.1. The Bertz CT molecular complexity index is 950. The normalized spacial score (nSPS) is 10.4. The van der Waals surface area contributed by atoms with Crippen LogP contribution in [0.25, 0.3) is 11.3 Å². The van der Waals surface area contributed by atoms with Gasteiger partial charge in [-0.15, -0.1) is 0 Å². The maximum absolute atomic E-state index is 12.1. The number of thiazole rings is 1. The van der Waals surface area contributed by atoms with Crippen LogP contribution in [0.15, 0.2) is 47.2 Å². The van der Waals surface area contributed by atoms with E-state index in [4.69, 9.17) is 0 Å². The van der Waals surface area contributed by atoms with Gasteiger partial charge < -0.3 is 10.6 Å². The summed E-state index contributed by atoms with van der Waals surface area (Å²) in [5, 5.41) is 9.34. The molecule has 0 radical (unpaired) electrons. The number of aromatic nitrogens is 1. The highest BCUT2D eigenvalue weighted by molar-refractivity contribution is 7.18. The Morgan fingerprint density at radius 1 is 1.11 bits per heavy atom. The van der Waals surface area contributed by atoms with Crippen molar-refractivity contribution in [1.29, 1.82) is 0 Å². The van der Waals surface area contributed by atoms with Crippen molar-refractivity contribution in [1.82, 2.24) is 10.3 Å². The van der Waals surface area contributed by atoms with E-state index >= 15 is 0 Å². The molecule has 0 spiro atoms. The molecule has 0 bridgehead atoms. The minimum Gasteiger partial charge on any atom is -0.351 e. The summed E-state index contributed by atoms with van der Waals surface area (Å²) in [5.41, 5.74) is 1.97. The lowest BCUT2D eigenvalue weighted by molar-refractivity contribution is -0.116. The van der Waals surface area contributed by atoms with Crippen LogP contribution in [0.3, 0.4) is 0 Å². The molecule has 0 aliphatic heterocycles. The van der Waals surface area contributed by atoms with Gasteiger partial charge in [0.05, 0.1) is 10.6 Å². The molecular weight excluding hydrogens is 382 g/mol. The molecule has 27 heavy (non-hydrogen) atoms. The van der Waals surface area contributed by atoms with Crippen molar-refractivity contribution in [3.05, 3.63) is 57.6 Å². The lowest BCUT2D eigenvalue weighted by Crippen LogP contribution is -2.27. The second kappa shape index (κ2) is 8.70. The number of Topliss-reactive ketones (excluding diaryl/α,β-unsaturated/α-hetero) is 1. The molecule has 0 aliphatic rings. The number of anilines is 1. The smallest absolute Gasteiger partial charge is 0.252 e. The van der Waals surface area contributed by atoms with E-state index in [1.807, 2.05) is 35.7 Å². The van der Waals surface area contributed by atoms with E-state index in [1.165, 1.54) is 18.3 Å². The third-order valence-electron chi connectivity index (χ3n) is 3.66. The van der Waals surface area contributed by atoms with Crippen LogP contribution in [0, 0.1) is 0 Å². The number of ketones is 1. The fraction of sp³-hybridized carbons (Fsp3) is 0.158. The number of benzene rings is 1. The van der Waals surface area contributed by atoms with Crippen molar-refractivity contribution in [2.75, 3.05) is 11.9 Å². The highest BCUT2D eigenvalue weighted by atomic mass is 32.1. The van der Waals surface area contributed by atoms with Gasteiger partial charge >= 0.3 is 0 Å². The number of carbonyl (C=O) groups excluding carboxylic acids is 3. The van der Waals surface area contributed by atoms with Gasteiger partial charge in [-0.1, -0.05) is 41.7 Å². The Hall–Kier alpha value is -2.84. The van der Waals surface area contributed by atoms with Crippen molar-refractivity contribution >= 4 is 45.4 Å². The number of rotatable bonds is 7. The zero-order valence-electron chi connectivity index (χ0n) is 14.5. The SMILES string of the molecule is CC(=O)c1sc(NC(=O)CCNC(=O)c2ccsc2)nc1-c1ccccc1. The van der Waals surface area contributed by atoms with E-state index in [2.05, 4.69) is 15.6 Å². The molecule has 2 heterocycles. The van der Waals surface area contributed by atoms with Gasteiger partial charge in [-0.25, -0.2) is 4.98 Å². The van der Waals surface area contributed by atoms with Crippen molar-refractivity contribution in [2.45, 2.75) is 13.3 Å². The minimum atomic E-state index is -0.274. The average molecular weight is 399 g/mol. The molecular formula is C19H17N3O3S2. The summed E-state index contributed by atoms with van der Waals surface area (Å²) in [6, 6.07) is 11.1. The zero-order chi connectivity index (χ0) is 19.2. The van der Waals surface area contributed by atoms with E-state index in [0.717, 1.165) is 16.9 Å². The second-order valence-electron chi connectivity index (χ2n) is 5.69. The van der Waals surface area contributed by atoms with Crippen LogP contribution in [0.5, 0.6) is 0 Å². The van der Waals surface area contributed by atoms with E-state index < -0.39 is 0 Å². The number of thiophene rings is 1. The predicted octanol–water partition coefficient (Wildman–Crippen LogP) is 3.83. The second-order valence-corrected chi connectivity index (χ2v) is 7.46. The van der Waals surface area contributed by atoms with E-state index in [9.17, 15) is 14.4 Å². The van der Waals surface area contributed by atoms with Crippen molar-refractivity contribution in [2.24, 2.45) is 0 Å². The maximum Gasteiger partial charge on any atom is 0.252 e. The first-order valence-corrected chi connectivity index (χ1v) is 9.98. The summed E-state index contributed by atoms with van der Waals surface area (Å²) in [6.45, 7) is 1.70. The Morgan fingerprint density at radius 2 is 1.89 bits per heavy atom. The molecule has 3 rings (SSSR count). The average Bonchev–Trinajstić information content (AvgIpc) is 3.32. The standard InChI is InChI=1S/C19H17N3O3S2/c1-12(23)17-16(13-5-3-2-4-6-13)22-19(27-17)21-15(24)7-9-20-18(25)14-8-10-26-11-14/h2-6,8,10-11H,7,9H2,1H3,(H,20,25)(H,21,22,24). The third-order valence-corrected chi connectivity index (χ3v) is 5.42. The van der Waals surface area contributed by atoms with Crippen LogP contribution < -0.4 is 10.6 Å². The first-order valence-electron chi connectivity index (χ1n) is 8.22. The summed E-state index contributed by atoms with van der Waals surface area (Å²) in [6.07, 6.45) is 0.117. The molecule has 8 heteroatoms. The summed E-state index contributed by atoms with van der Waals surface area (Å²) in [4.78, 5) is 40.8. The van der Waals surface area contributed by atoms with Crippen molar-refractivity contribution in [3.8, 4) is 11.3 Å². The molecule has 2 N–H and O–H groups in total. The Kier molecular flexibility index (Phi) is 6.10. The fourth-order valence-corrected chi connectivity index (χ4v) is 3.91. The molecule has 0 saturated heterocycles. The number of carbonyl (C=O) groups is 3. The van der Waals surface area contributed by atoms with Gasteiger partial charge in [0.25, 0.3) is 5.91 Å². The van der Waals surface area contributed by atoms with E-state index in [-0.39, 0.29) is 30.6 Å². The van der Waals surface area contributed by atoms with Gasteiger partial charge in [-0.05, 0) is 11.4 Å². The van der Waals surface area contributed by atoms with Gasteiger partial charge in [-0.3, -0.25) is 14.4 Å². The molecule has 0 aliphatic carbocycles. The molecule has 0 atom stereocenters. The first kappa shape index (κ1) is 18.9. The van der Waals surface area contributed by atoms with Crippen molar-refractivity contribution < 1.29 is 14.4 Å². The van der Waals surface area contributed by atoms with E-state index in [0.29, 0.717) is 21.3 Å². The molecule has 138 valence electrons. The van der Waals surface area contributed by atoms with Gasteiger partial charge in [0.15, 0.2) is 10.9 Å². The lowest BCUT2D eigenvalue weighted by Gasteiger charge is -2.04. The lowest BCUT2D eigenvalue weighted by atomic mass is 10.1. The first-order chi connectivity index (χ1) is 13.0. The molecule has 1 aromatic carbocycles. The topological polar surface area (TPSA) is 88.2 Å². The fourth-order valence-electron chi connectivity index (χ4n) is 2.37. The van der Waals surface area contributed by atoms with Gasteiger partial charge in [-0.2, -0.15) is 11.3 Å². The summed E-state index contributed by atoms with van der Waals surface area (Å²) in [7, 11) is 0. The van der Waals surface area contributed by atoms with Gasteiger partial charge in [0.1, 0.15) is 0 Å². The number of amides is 2. The monoisotopic (exact) mass is 399 g/mol. The van der Waals surface area contributed by atoms with Crippen LogP contribution >= 0.6 is 22.7 Å². The molecule has 2 aromatic heterocycles. The number of hydrogen-bond acceptors (Lipinski definition) is 6. The summed E-state index contributed by atoms with van der Waals surface area (Å²) >= 11 is 2.59. The van der Waals surface area contributed by atoms with Crippen LogP contribution in [0.1, 0.15) is 33.4 Å². The highest BCUT2D eigenvalue weighted by Crippen LogP contribution is 2.31. The summed E-state index contributed by atoms with van der Waals surface area (Å²) < 4.78 is 0. The zero-order valence-corrected chi connectivity index (χ0v) is 16.2. The van der Waals surface area contributed by atoms with Gasteiger partial charge in [0.2, 0.25) is 5.91 Å². The molecule has 0 saturated carbocycles. The van der Waals surface area contributed by atoms with Crippen LogP contribution in [-0.4, -0.2) is 29.1 Å². The highest BCUT2D eigenvalue weighted by Gasteiger charge is 2.17. The quantitative estimate of drug-likeness (QED) is 0.591. The Labute approximate surface area is 164 Å². The molecule has 0 unspecified atom stereocenters.